The zero-order chi connectivity index (χ0) is 21.1. The Morgan fingerprint density at radius 2 is 1.87 bits per heavy atom. The van der Waals surface area contributed by atoms with Crippen LogP contribution in [0.2, 0.25) is 0 Å². The average molecular weight is 403 g/mol. The molecule has 2 aromatic carbocycles. The van der Waals surface area contributed by atoms with Gasteiger partial charge in [-0.3, -0.25) is 0 Å². The van der Waals surface area contributed by atoms with E-state index in [0.29, 0.717) is 5.75 Å². The van der Waals surface area contributed by atoms with Gasteiger partial charge in [0, 0.05) is 11.3 Å². The van der Waals surface area contributed by atoms with Crippen molar-refractivity contribution in [3.8, 4) is 5.75 Å². The summed E-state index contributed by atoms with van der Waals surface area (Å²) < 4.78 is 0. The molecule has 0 bridgehead atoms. The predicted molar refractivity (Wildman–Crippen MR) is 125 cm³/mol. The van der Waals surface area contributed by atoms with E-state index in [1.165, 1.54) is 36.8 Å². The van der Waals surface area contributed by atoms with Crippen LogP contribution in [0.4, 0.5) is 0 Å². The monoisotopic (exact) mass is 402 g/mol. The van der Waals surface area contributed by atoms with Crippen LogP contribution < -0.4 is 0 Å². The number of fused-ring (bicyclic) bond motifs is 1. The van der Waals surface area contributed by atoms with Crippen LogP contribution in [0.5, 0.6) is 5.75 Å². The lowest BCUT2D eigenvalue weighted by atomic mass is 9.66. The lowest BCUT2D eigenvalue weighted by Crippen LogP contribution is -2.29. The van der Waals surface area contributed by atoms with Crippen LogP contribution in [0.3, 0.4) is 0 Å². The summed E-state index contributed by atoms with van der Waals surface area (Å²) in [6.07, 6.45) is 8.35. The number of allylic oxidation sites excluding steroid dienone is 3. The Bertz CT molecular complexity index is 927. The van der Waals surface area contributed by atoms with Gasteiger partial charge in [0.1, 0.15) is 5.75 Å². The van der Waals surface area contributed by atoms with Crippen LogP contribution in [0.15, 0.2) is 66.7 Å². The molecule has 0 aromatic heterocycles. The number of aromatic hydroxyl groups is 1. The quantitative estimate of drug-likeness (QED) is 0.467. The topological polar surface area (TPSA) is 40.5 Å². The fourth-order valence-electron chi connectivity index (χ4n) is 5.93. The largest absolute Gasteiger partial charge is 0.508 e. The van der Waals surface area contributed by atoms with Crippen LogP contribution in [0.1, 0.15) is 69.4 Å². The molecule has 0 spiro atoms. The van der Waals surface area contributed by atoms with Crippen molar-refractivity contribution in [2.45, 2.75) is 64.4 Å². The zero-order valence-electron chi connectivity index (χ0n) is 18.1. The van der Waals surface area contributed by atoms with E-state index in [-0.39, 0.29) is 17.4 Å². The molecule has 2 heteroatoms. The standard InChI is InChI=1S/C28H34O2/c1-3-4-5-7-13-23-19-25-26(30)16-17-28(25,20(2)21-11-8-6-9-12-21)27(23)22-14-10-15-24(29)18-22/h6,8-12,14-15,18,25-26,29-30H,2-5,7,13,16-17,19H2,1H3/t25-,26+,28-/m0/s1. The molecule has 4 rings (SSSR count). The molecule has 0 unspecified atom stereocenters. The van der Waals surface area contributed by atoms with Gasteiger partial charge in [-0.25, -0.2) is 0 Å². The van der Waals surface area contributed by atoms with Gasteiger partial charge in [0.2, 0.25) is 0 Å². The number of rotatable bonds is 8. The third-order valence-electron chi connectivity index (χ3n) is 7.33. The first-order valence-electron chi connectivity index (χ1n) is 11.5. The second-order valence-electron chi connectivity index (χ2n) is 9.07. The van der Waals surface area contributed by atoms with Crippen molar-refractivity contribution in [2.24, 2.45) is 11.3 Å². The summed E-state index contributed by atoms with van der Waals surface area (Å²) in [5, 5.41) is 21.2. The molecule has 1 saturated carbocycles. The highest BCUT2D eigenvalue weighted by molar-refractivity contribution is 5.90. The van der Waals surface area contributed by atoms with E-state index < -0.39 is 0 Å². The van der Waals surface area contributed by atoms with Crippen molar-refractivity contribution in [2.75, 3.05) is 0 Å². The van der Waals surface area contributed by atoms with E-state index in [1.807, 2.05) is 18.2 Å². The minimum absolute atomic E-state index is 0.170. The molecular weight excluding hydrogens is 368 g/mol. The molecule has 2 aliphatic rings. The van der Waals surface area contributed by atoms with E-state index in [1.54, 1.807) is 6.07 Å². The molecule has 2 N–H and O–H groups in total. The van der Waals surface area contributed by atoms with Crippen LogP contribution >= 0.6 is 0 Å². The Morgan fingerprint density at radius 3 is 2.60 bits per heavy atom. The van der Waals surface area contributed by atoms with Crippen LogP contribution in [0, 0.1) is 11.3 Å². The van der Waals surface area contributed by atoms with E-state index in [2.05, 4.69) is 43.8 Å². The van der Waals surface area contributed by atoms with Gasteiger partial charge in [-0.1, -0.05) is 80.8 Å². The molecule has 1 fully saturated rings. The summed E-state index contributed by atoms with van der Waals surface area (Å²) >= 11 is 0. The zero-order valence-corrected chi connectivity index (χ0v) is 18.1. The molecule has 0 amide bonds. The Kier molecular flexibility index (Phi) is 6.15. The Hall–Kier alpha value is -2.32. The summed E-state index contributed by atoms with van der Waals surface area (Å²) in [5.74, 6) is 0.469. The lowest BCUT2D eigenvalue weighted by Gasteiger charge is -2.37. The molecule has 158 valence electrons. The maximum atomic E-state index is 11.0. The van der Waals surface area contributed by atoms with Crippen molar-refractivity contribution < 1.29 is 10.2 Å². The van der Waals surface area contributed by atoms with E-state index in [9.17, 15) is 10.2 Å². The third-order valence-corrected chi connectivity index (χ3v) is 7.33. The minimum atomic E-state index is -0.300. The van der Waals surface area contributed by atoms with Crippen molar-refractivity contribution in [1.29, 1.82) is 0 Å². The molecule has 0 radical (unpaired) electrons. The van der Waals surface area contributed by atoms with Gasteiger partial charge >= 0.3 is 0 Å². The van der Waals surface area contributed by atoms with Gasteiger partial charge in [0.25, 0.3) is 0 Å². The fourth-order valence-corrected chi connectivity index (χ4v) is 5.93. The first kappa shape index (κ1) is 20.9. The number of benzene rings is 2. The molecule has 0 aliphatic heterocycles. The summed E-state index contributed by atoms with van der Waals surface area (Å²) in [6.45, 7) is 6.85. The van der Waals surface area contributed by atoms with Gasteiger partial charge < -0.3 is 10.2 Å². The molecule has 2 nitrogen and oxygen atoms in total. The highest BCUT2D eigenvalue weighted by atomic mass is 16.3. The first-order chi connectivity index (χ1) is 14.6. The molecular formula is C28H34O2. The minimum Gasteiger partial charge on any atom is -0.508 e. The maximum absolute atomic E-state index is 11.0. The number of aliphatic hydroxyl groups is 1. The van der Waals surface area contributed by atoms with Crippen LogP contribution in [-0.4, -0.2) is 16.3 Å². The summed E-state index contributed by atoms with van der Waals surface area (Å²) in [7, 11) is 0. The number of aliphatic hydroxyl groups excluding tert-OH is 1. The number of phenolic OH excluding ortho intramolecular Hbond substituents is 1. The van der Waals surface area contributed by atoms with E-state index in [0.717, 1.165) is 42.4 Å². The average Bonchev–Trinajstić information content (AvgIpc) is 3.26. The van der Waals surface area contributed by atoms with Crippen LogP contribution in [0.25, 0.3) is 11.1 Å². The van der Waals surface area contributed by atoms with Crippen LogP contribution in [-0.2, 0) is 0 Å². The first-order valence-corrected chi connectivity index (χ1v) is 11.5. The lowest BCUT2D eigenvalue weighted by molar-refractivity contribution is 0.120. The van der Waals surface area contributed by atoms with Gasteiger partial charge in [-0.15, -0.1) is 0 Å². The van der Waals surface area contributed by atoms with Crippen molar-refractivity contribution in [3.63, 3.8) is 0 Å². The van der Waals surface area contributed by atoms with E-state index >= 15 is 0 Å². The molecule has 0 saturated heterocycles. The van der Waals surface area contributed by atoms with Gasteiger partial charge in [-0.05, 0) is 66.5 Å². The summed E-state index contributed by atoms with van der Waals surface area (Å²) in [5.41, 5.74) is 5.89. The van der Waals surface area contributed by atoms with Gasteiger partial charge in [-0.2, -0.15) is 0 Å². The molecule has 0 heterocycles. The van der Waals surface area contributed by atoms with Crippen molar-refractivity contribution in [3.05, 3.63) is 77.9 Å². The highest BCUT2D eigenvalue weighted by Gasteiger charge is 2.56. The number of hydrogen-bond acceptors (Lipinski definition) is 2. The summed E-state index contributed by atoms with van der Waals surface area (Å²) in [4.78, 5) is 0. The molecule has 2 aromatic rings. The SMILES string of the molecule is C=C(c1ccccc1)[C@@]12CC[C@@H](O)[C@@H]1CC(CCCCCC)=C2c1cccc(O)c1. The van der Waals surface area contributed by atoms with Gasteiger partial charge in [0.15, 0.2) is 0 Å². The smallest absolute Gasteiger partial charge is 0.116 e. The van der Waals surface area contributed by atoms with Gasteiger partial charge in [0.05, 0.1) is 6.10 Å². The molecule has 3 atom stereocenters. The second kappa shape index (κ2) is 8.81. The fraction of sp³-hybridized carbons (Fsp3) is 0.429. The maximum Gasteiger partial charge on any atom is 0.116 e. The second-order valence-corrected chi connectivity index (χ2v) is 9.07. The Morgan fingerprint density at radius 1 is 1.07 bits per heavy atom. The normalized spacial score (nSPS) is 25.5. The summed E-state index contributed by atoms with van der Waals surface area (Å²) in [6, 6.07) is 18.1. The third kappa shape index (κ3) is 3.63. The Balaban J connectivity index is 1.82. The number of hydrogen-bond donors (Lipinski definition) is 2. The van der Waals surface area contributed by atoms with E-state index in [4.69, 9.17) is 0 Å². The Labute approximate surface area is 181 Å². The number of unbranched alkanes of at least 4 members (excludes halogenated alkanes) is 3. The highest BCUT2D eigenvalue weighted by Crippen LogP contribution is 2.66. The predicted octanol–water partition coefficient (Wildman–Crippen LogP) is 6.99. The van der Waals surface area contributed by atoms with Crippen molar-refractivity contribution in [1.82, 2.24) is 0 Å². The number of phenols is 1. The van der Waals surface area contributed by atoms with Crippen molar-refractivity contribution >= 4 is 11.1 Å². The molecule has 2 aliphatic carbocycles. The molecule has 30 heavy (non-hydrogen) atoms.